The molecule has 1 saturated heterocycles. The molecule has 2 atom stereocenters. The van der Waals surface area contributed by atoms with Crippen molar-refractivity contribution in [1.82, 2.24) is 24.5 Å². The lowest BCUT2D eigenvalue weighted by atomic mass is 10.1. The van der Waals surface area contributed by atoms with Crippen molar-refractivity contribution in [1.29, 1.82) is 0 Å². The highest BCUT2D eigenvalue weighted by Gasteiger charge is 2.25. The van der Waals surface area contributed by atoms with Crippen molar-refractivity contribution >= 4 is 45.2 Å². The molecule has 3 aromatic heterocycles. The molecule has 4 heterocycles. The third-order valence-electron chi connectivity index (χ3n) is 5.55. The van der Waals surface area contributed by atoms with Gasteiger partial charge in [-0.1, -0.05) is 18.7 Å². The molecule has 9 nitrogen and oxygen atoms in total. The van der Waals surface area contributed by atoms with Crippen LogP contribution in [-0.2, 0) is 17.7 Å². The quantitative estimate of drug-likeness (QED) is 0.406. The number of hydrogen-bond donors (Lipinski definition) is 1. The number of anilines is 2. The highest BCUT2D eigenvalue weighted by atomic mass is 32.2. The second-order valence-electron chi connectivity index (χ2n) is 8.12. The smallest absolute Gasteiger partial charge is 0.263 e. The Morgan fingerprint density at radius 1 is 1.31 bits per heavy atom. The first-order valence-corrected chi connectivity index (χ1v) is 12.5. The molecule has 0 bridgehead atoms. The summed E-state index contributed by atoms with van der Waals surface area (Å²) in [6, 6.07) is 0. The van der Waals surface area contributed by atoms with Gasteiger partial charge in [0.1, 0.15) is 10.7 Å². The van der Waals surface area contributed by atoms with E-state index in [1.54, 1.807) is 20.8 Å². The Kier molecular flexibility index (Phi) is 6.68. The molecule has 3 aromatic rings. The van der Waals surface area contributed by atoms with Crippen LogP contribution < -0.4 is 16.2 Å². The van der Waals surface area contributed by atoms with E-state index in [4.69, 9.17) is 15.5 Å². The molecule has 0 aliphatic carbocycles. The van der Waals surface area contributed by atoms with Crippen molar-refractivity contribution in [2.75, 3.05) is 31.3 Å². The van der Waals surface area contributed by atoms with Gasteiger partial charge < -0.3 is 15.4 Å². The summed E-state index contributed by atoms with van der Waals surface area (Å²) in [7, 11) is 3.71. The first kappa shape index (κ1) is 22.9. The molecule has 0 aromatic carbocycles. The molecular formula is C21H29N7O2S2. The van der Waals surface area contributed by atoms with E-state index in [2.05, 4.69) is 28.8 Å². The van der Waals surface area contributed by atoms with Gasteiger partial charge in [0.2, 0.25) is 11.9 Å². The van der Waals surface area contributed by atoms with Crippen LogP contribution in [0.1, 0.15) is 48.2 Å². The van der Waals surface area contributed by atoms with E-state index >= 15 is 0 Å². The molecule has 2 unspecified atom stereocenters. The van der Waals surface area contributed by atoms with Crippen molar-refractivity contribution in [3.05, 3.63) is 26.6 Å². The lowest BCUT2D eigenvalue weighted by Gasteiger charge is -2.18. The maximum absolute atomic E-state index is 13.6. The average Bonchev–Trinajstić information content (AvgIpc) is 3.37. The minimum atomic E-state index is -0.175. The Morgan fingerprint density at radius 2 is 2.09 bits per heavy atom. The molecule has 1 aliphatic heterocycles. The number of rotatable bonds is 7. The lowest BCUT2D eigenvalue weighted by Crippen LogP contribution is -2.29. The molecule has 1 aliphatic rings. The number of nitrogens with zero attached hydrogens (tertiary/aromatic N) is 6. The second-order valence-corrected chi connectivity index (χ2v) is 10.6. The number of aromatic nitrogens is 5. The molecule has 0 saturated carbocycles. The van der Waals surface area contributed by atoms with Crippen molar-refractivity contribution in [2.24, 2.45) is 0 Å². The minimum absolute atomic E-state index is 0.00513. The van der Waals surface area contributed by atoms with Crippen molar-refractivity contribution in [2.45, 2.75) is 63.1 Å². The Hall–Kier alpha value is -2.24. The van der Waals surface area contributed by atoms with Crippen LogP contribution in [0.25, 0.3) is 10.2 Å². The summed E-state index contributed by atoms with van der Waals surface area (Å²) in [6.07, 6.45) is 2.80. The first-order chi connectivity index (χ1) is 15.3. The fourth-order valence-electron chi connectivity index (χ4n) is 3.89. The Morgan fingerprint density at radius 3 is 2.75 bits per heavy atom. The molecule has 0 spiro atoms. The van der Waals surface area contributed by atoms with Crippen LogP contribution in [0.15, 0.2) is 9.95 Å². The van der Waals surface area contributed by atoms with E-state index < -0.39 is 0 Å². The van der Waals surface area contributed by atoms with Crippen LogP contribution in [0.3, 0.4) is 0 Å². The summed E-state index contributed by atoms with van der Waals surface area (Å²) in [5.41, 5.74) is 7.01. The molecular weight excluding hydrogens is 446 g/mol. The minimum Gasteiger partial charge on any atom is -0.376 e. The van der Waals surface area contributed by atoms with Gasteiger partial charge >= 0.3 is 0 Å². The fourth-order valence-corrected chi connectivity index (χ4v) is 6.01. The average molecular weight is 476 g/mol. The number of fused-ring (bicyclic) bond motifs is 1. The highest BCUT2D eigenvalue weighted by Crippen LogP contribution is 2.35. The fraction of sp³-hybridized carbons (Fsp3) is 0.571. The standard InChI is InChI=1S/C21H29N7O2S2/c1-6-14-11(2)31-17-15(14)18(29)28(10-13-8-7-9-30-13)21(25-17)32-12(3)16-23-19(22)26-20(24-16)27(4)5/h12-13H,6-10H2,1-5H3,(H2,22,23,24,26). The molecule has 0 radical (unpaired) electrons. The summed E-state index contributed by atoms with van der Waals surface area (Å²) < 4.78 is 7.62. The third kappa shape index (κ3) is 4.46. The summed E-state index contributed by atoms with van der Waals surface area (Å²) in [4.78, 5) is 35.3. The first-order valence-electron chi connectivity index (χ1n) is 10.8. The topological polar surface area (TPSA) is 112 Å². The maximum atomic E-state index is 13.6. The summed E-state index contributed by atoms with van der Waals surface area (Å²) in [5, 5.41) is 1.22. The number of nitrogens with two attached hydrogens (primary N) is 1. The zero-order chi connectivity index (χ0) is 23.0. The third-order valence-corrected chi connectivity index (χ3v) is 7.67. The predicted octanol–water partition coefficient (Wildman–Crippen LogP) is 3.19. The van der Waals surface area contributed by atoms with Crippen LogP contribution in [0.2, 0.25) is 0 Å². The summed E-state index contributed by atoms with van der Waals surface area (Å²) >= 11 is 3.04. The van der Waals surface area contributed by atoms with E-state index in [0.717, 1.165) is 46.5 Å². The zero-order valence-corrected chi connectivity index (χ0v) is 20.7. The normalized spacial score (nSPS) is 17.2. The number of ether oxygens (including phenoxy) is 1. The van der Waals surface area contributed by atoms with Gasteiger partial charge in [-0.25, -0.2) is 4.98 Å². The Labute approximate surface area is 195 Å². The molecule has 4 rings (SSSR count). The number of nitrogen functional groups attached to an aromatic ring is 1. The van der Waals surface area contributed by atoms with E-state index in [9.17, 15) is 4.79 Å². The maximum Gasteiger partial charge on any atom is 0.263 e. The van der Waals surface area contributed by atoms with Gasteiger partial charge in [-0.15, -0.1) is 11.3 Å². The van der Waals surface area contributed by atoms with Crippen molar-refractivity contribution < 1.29 is 4.74 Å². The van der Waals surface area contributed by atoms with Gasteiger partial charge in [0.05, 0.1) is 23.3 Å². The molecule has 11 heteroatoms. The van der Waals surface area contributed by atoms with Crippen LogP contribution in [0.5, 0.6) is 0 Å². The van der Waals surface area contributed by atoms with E-state index in [1.165, 1.54) is 11.8 Å². The van der Waals surface area contributed by atoms with Crippen LogP contribution in [0.4, 0.5) is 11.9 Å². The Balaban J connectivity index is 1.77. The SMILES string of the molecule is CCc1c(C)sc2nc(SC(C)c3nc(N)nc(N(C)C)n3)n(CC3CCCO3)c(=O)c12. The largest absolute Gasteiger partial charge is 0.376 e. The van der Waals surface area contributed by atoms with Gasteiger partial charge in [0.25, 0.3) is 5.56 Å². The van der Waals surface area contributed by atoms with E-state index in [-0.39, 0.29) is 22.9 Å². The predicted molar refractivity (Wildman–Crippen MR) is 130 cm³/mol. The highest BCUT2D eigenvalue weighted by molar-refractivity contribution is 7.99. The second kappa shape index (κ2) is 9.32. The molecule has 0 amide bonds. The lowest BCUT2D eigenvalue weighted by molar-refractivity contribution is 0.0937. The van der Waals surface area contributed by atoms with Gasteiger partial charge in [-0.3, -0.25) is 9.36 Å². The van der Waals surface area contributed by atoms with Crippen LogP contribution in [-0.4, -0.2) is 51.3 Å². The molecule has 172 valence electrons. The molecule has 2 N–H and O–H groups in total. The Bertz CT molecular complexity index is 1190. The molecule has 32 heavy (non-hydrogen) atoms. The molecule has 1 fully saturated rings. The van der Waals surface area contributed by atoms with Crippen molar-refractivity contribution in [3.8, 4) is 0 Å². The number of aryl methyl sites for hydroxylation is 2. The van der Waals surface area contributed by atoms with Crippen LogP contribution >= 0.6 is 23.1 Å². The van der Waals surface area contributed by atoms with E-state index in [0.29, 0.717) is 23.5 Å². The van der Waals surface area contributed by atoms with E-state index in [1.807, 2.05) is 21.0 Å². The summed E-state index contributed by atoms with van der Waals surface area (Å²) in [6.45, 7) is 7.36. The van der Waals surface area contributed by atoms with Crippen LogP contribution in [0, 0.1) is 6.92 Å². The number of hydrogen-bond acceptors (Lipinski definition) is 10. The van der Waals surface area contributed by atoms with Gasteiger partial charge in [-0.05, 0) is 38.7 Å². The summed E-state index contributed by atoms with van der Waals surface area (Å²) in [5.74, 6) is 1.23. The number of thiophene rings is 1. The number of thioether (sulfide) groups is 1. The van der Waals surface area contributed by atoms with Gasteiger partial charge in [-0.2, -0.15) is 15.0 Å². The van der Waals surface area contributed by atoms with Gasteiger partial charge in [0.15, 0.2) is 5.16 Å². The van der Waals surface area contributed by atoms with Gasteiger partial charge in [0, 0.05) is 25.6 Å². The zero-order valence-electron chi connectivity index (χ0n) is 19.1. The monoisotopic (exact) mass is 475 g/mol. The van der Waals surface area contributed by atoms with Crippen molar-refractivity contribution in [3.63, 3.8) is 0 Å².